The molecule has 0 saturated heterocycles. The number of aromatic nitrogens is 1. The Balaban J connectivity index is 2.52. The first-order valence-corrected chi connectivity index (χ1v) is 7.71. The highest BCUT2D eigenvalue weighted by molar-refractivity contribution is 5.70. The largest absolute Gasteiger partial charge is 0.285 e. The lowest BCUT2D eigenvalue weighted by atomic mass is 9.99. The number of rotatable bonds is 4. The van der Waals surface area contributed by atoms with Gasteiger partial charge in [-0.2, -0.15) is 0 Å². The quantitative estimate of drug-likeness (QED) is 0.486. The number of nitrogens with zero attached hydrogens (tertiary/aromatic N) is 1. The van der Waals surface area contributed by atoms with Gasteiger partial charge in [-0.05, 0) is 49.4 Å². The molecule has 2 heteroatoms. The molecule has 1 aromatic carbocycles. The summed E-state index contributed by atoms with van der Waals surface area (Å²) in [6.07, 6.45) is 8.61. The van der Waals surface area contributed by atoms with Gasteiger partial charge in [-0.15, -0.1) is 0 Å². The van der Waals surface area contributed by atoms with E-state index in [0.717, 1.165) is 23.3 Å². The molecule has 0 radical (unpaired) electrons. The monoisotopic (exact) mass is 294 g/mol. The van der Waals surface area contributed by atoms with Crippen LogP contribution in [0.15, 0.2) is 54.8 Å². The maximum absolute atomic E-state index is 10.1. The Kier molecular flexibility index (Phi) is 5.16. The van der Waals surface area contributed by atoms with Crippen molar-refractivity contribution in [2.24, 2.45) is 0 Å². The van der Waals surface area contributed by atoms with E-state index in [-0.39, 0.29) is 0 Å². The van der Waals surface area contributed by atoms with Crippen LogP contribution in [0, 0.1) is 13.8 Å². The summed E-state index contributed by atoms with van der Waals surface area (Å²) in [5.41, 5.74) is 6.79. The van der Waals surface area contributed by atoms with Gasteiger partial charge < -0.3 is 0 Å². The summed E-state index contributed by atoms with van der Waals surface area (Å²) in [4.78, 5) is 0. The molecule has 0 bridgehead atoms. The Bertz CT molecular complexity index is 726. The summed E-state index contributed by atoms with van der Waals surface area (Å²) >= 11 is 0. The smallest absolute Gasteiger partial charge is 0.261 e. The minimum atomic E-state index is 0.830. The topological polar surface area (TPSA) is 24.1 Å². The van der Waals surface area contributed by atoms with E-state index in [9.17, 15) is 5.21 Å². The first kappa shape index (κ1) is 16.0. The van der Waals surface area contributed by atoms with Crippen molar-refractivity contribution in [1.29, 1.82) is 0 Å². The number of benzene rings is 1. The third-order valence-electron chi connectivity index (χ3n) is 3.97. The molecule has 0 aliphatic heterocycles. The molecular weight excluding hydrogens is 270 g/mol. The third-order valence-corrected chi connectivity index (χ3v) is 3.97. The maximum atomic E-state index is 10.1. The highest BCUT2D eigenvalue weighted by Crippen LogP contribution is 2.24. The maximum Gasteiger partial charge on any atom is 0.261 e. The Morgan fingerprint density at radius 3 is 2.45 bits per heavy atom. The van der Waals surface area contributed by atoms with E-state index < -0.39 is 0 Å². The number of hydrogen-bond donors (Lipinski definition) is 1. The predicted molar refractivity (Wildman–Crippen MR) is 91.8 cm³/mol. The molecule has 1 N–H and O–H groups in total. The fourth-order valence-corrected chi connectivity index (χ4v) is 2.43. The lowest BCUT2D eigenvalue weighted by molar-refractivity contribution is -0.906. The normalized spacial score (nSPS) is 12.1. The van der Waals surface area contributed by atoms with Gasteiger partial charge in [0, 0.05) is 22.4 Å². The van der Waals surface area contributed by atoms with Gasteiger partial charge in [0.05, 0.1) is 0 Å². The van der Waals surface area contributed by atoms with Gasteiger partial charge in [0.2, 0.25) is 6.20 Å². The van der Waals surface area contributed by atoms with Crippen LogP contribution in [0.4, 0.5) is 0 Å². The molecule has 1 heterocycles. The average Bonchev–Trinajstić information content (AvgIpc) is 2.52. The first-order chi connectivity index (χ1) is 10.6. The molecule has 2 rings (SSSR count). The molecule has 0 aliphatic rings. The van der Waals surface area contributed by atoms with Crippen LogP contribution < -0.4 is 4.73 Å². The lowest BCUT2D eigenvalue weighted by Crippen LogP contribution is -2.34. The fraction of sp³-hybridized carbons (Fsp3) is 0.250. The van der Waals surface area contributed by atoms with E-state index >= 15 is 0 Å². The summed E-state index contributed by atoms with van der Waals surface area (Å²) < 4.78 is 1.20. The van der Waals surface area contributed by atoms with Gasteiger partial charge in [-0.1, -0.05) is 43.4 Å². The van der Waals surface area contributed by atoms with E-state index in [0.29, 0.717) is 0 Å². The van der Waals surface area contributed by atoms with E-state index in [2.05, 4.69) is 39.0 Å². The number of hydrogen-bond acceptors (Lipinski definition) is 1. The number of pyridine rings is 1. The zero-order chi connectivity index (χ0) is 16.1. The second-order valence-corrected chi connectivity index (χ2v) is 5.52. The summed E-state index contributed by atoms with van der Waals surface area (Å²) in [6, 6.07) is 10.4. The second kappa shape index (κ2) is 7.08. The molecule has 2 nitrogen and oxygen atoms in total. The second-order valence-electron chi connectivity index (χ2n) is 5.52. The molecule has 114 valence electrons. The van der Waals surface area contributed by atoms with Crippen molar-refractivity contribution in [3.05, 3.63) is 71.6 Å². The van der Waals surface area contributed by atoms with Crippen LogP contribution in [0.3, 0.4) is 0 Å². The minimum Gasteiger partial charge on any atom is -0.285 e. The molecule has 22 heavy (non-hydrogen) atoms. The molecular formula is C20H24NO+. The van der Waals surface area contributed by atoms with Gasteiger partial charge in [0.15, 0.2) is 0 Å². The van der Waals surface area contributed by atoms with Crippen molar-refractivity contribution >= 4 is 5.57 Å². The molecule has 0 unspecified atom stereocenters. The predicted octanol–water partition coefficient (Wildman–Crippen LogP) is 4.86. The summed E-state index contributed by atoms with van der Waals surface area (Å²) in [5.74, 6) is 0. The molecule has 0 aliphatic carbocycles. The van der Waals surface area contributed by atoms with Crippen LogP contribution in [0.5, 0.6) is 0 Å². The fourth-order valence-electron chi connectivity index (χ4n) is 2.43. The van der Waals surface area contributed by atoms with E-state index in [1.165, 1.54) is 21.4 Å². The van der Waals surface area contributed by atoms with Gasteiger partial charge in [-0.3, -0.25) is 5.21 Å². The van der Waals surface area contributed by atoms with Crippen LogP contribution in [0.25, 0.3) is 16.7 Å². The van der Waals surface area contributed by atoms with Gasteiger partial charge in [-0.25, -0.2) is 0 Å². The molecule has 0 amide bonds. The molecule has 0 spiro atoms. The Morgan fingerprint density at radius 2 is 1.82 bits per heavy atom. The van der Waals surface area contributed by atoms with Crippen molar-refractivity contribution < 1.29 is 9.94 Å². The van der Waals surface area contributed by atoms with E-state index in [1.807, 2.05) is 37.3 Å². The van der Waals surface area contributed by atoms with Crippen molar-refractivity contribution in [1.82, 2.24) is 0 Å². The number of aryl methyl sites for hydroxylation is 2. The van der Waals surface area contributed by atoms with E-state index in [1.54, 1.807) is 6.20 Å². The van der Waals surface area contributed by atoms with E-state index in [4.69, 9.17) is 0 Å². The Hall–Kier alpha value is -2.35. The molecule has 1 aromatic heterocycles. The van der Waals surface area contributed by atoms with Crippen LogP contribution >= 0.6 is 0 Å². The average molecular weight is 294 g/mol. The molecule has 0 atom stereocenters. The highest BCUT2D eigenvalue weighted by Gasteiger charge is 2.15. The summed E-state index contributed by atoms with van der Waals surface area (Å²) in [6.45, 7) is 8.32. The summed E-state index contributed by atoms with van der Waals surface area (Å²) in [5, 5.41) is 10.1. The van der Waals surface area contributed by atoms with Crippen LogP contribution in [-0.2, 0) is 0 Å². The first-order valence-electron chi connectivity index (χ1n) is 7.71. The third kappa shape index (κ3) is 3.45. The van der Waals surface area contributed by atoms with Crippen molar-refractivity contribution in [2.75, 3.05) is 0 Å². The van der Waals surface area contributed by atoms with Crippen molar-refractivity contribution in [2.45, 2.75) is 34.1 Å². The molecule has 0 saturated carbocycles. The number of allylic oxidation sites excluding steroid dienone is 4. The van der Waals surface area contributed by atoms with Crippen LogP contribution in [0.2, 0.25) is 0 Å². The van der Waals surface area contributed by atoms with Gasteiger partial charge >= 0.3 is 0 Å². The van der Waals surface area contributed by atoms with Crippen molar-refractivity contribution in [3.8, 4) is 11.1 Å². The lowest BCUT2D eigenvalue weighted by Gasteiger charge is -2.07. The van der Waals surface area contributed by atoms with Crippen LogP contribution in [0.1, 0.15) is 37.1 Å². The zero-order valence-electron chi connectivity index (χ0n) is 13.8. The Labute approximate surface area is 133 Å². The van der Waals surface area contributed by atoms with Crippen LogP contribution in [-0.4, -0.2) is 5.21 Å². The highest BCUT2D eigenvalue weighted by atomic mass is 16.5. The zero-order valence-corrected chi connectivity index (χ0v) is 13.8. The standard InChI is InChI=1S/C20H24NO/c1-5-7-8-17(6-2)20-14-19(11-12-21(20)22)18-10-9-15(3)16(4)13-18/h5,7-14,22H,6H2,1-4H3/q+1/b7-5-,17-8+. The van der Waals surface area contributed by atoms with Gasteiger partial charge in [0.1, 0.15) is 0 Å². The molecule has 0 fully saturated rings. The SMILES string of the molecule is C/C=C\C=C(/CC)c1cc(-c2ccc(C)c(C)c2)cc[n+]1O. The Morgan fingerprint density at radius 1 is 1.09 bits per heavy atom. The molecule has 2 aromatic rings. The van der Waals surface area contributed by atoms with Crippen molar-refractivity contribution in [3.63, 3.8) is 0 Å². The minimum absolute atomic E-state index is 0.830. The van der Waals surface area contributed by atoms with Gasteiger partial charge in [0.25, 0.3) is 5.69 Å². The summed E-state index contributed by atoms with van der Waals surface area (Å²) in [7, 11) is 0.